The fourth-order valence-electron chi connectivity index (χ4n) is 2.94. The van der Waals surface area contributed by atoms with Crippen molar-refractivity contribution in [3.63, 3.8) is 0 Å². The molecule has 1 aliphatic heterocycles. The van der Waals surface area contributed by atoms with Crippen molar-refractivity contribution < 1.29 is 0 Å². The van der Waals surface area contributed by atoms with Crippen molar-refractivity contribution >= 4 is 11.4 Å². The Kier molecular flexibility index (Phi) is 5.53. The van der Waals surface area contributed by atoms with Gasteiger partial charge in [-0.1, -0.05) is 13.8 Å². The van der Waals surface area contributed by atoms with Gasteiger partial charge >= 0.3 is 0 Å². The average Bonchev–Trinajstić information content (AvgIpc) is 2.53. The van der Waals surface area contributed by atoms with Gasteiger partial charge in [-0.25, -0.2) is 0 Å². The molecule has 0 aliphatic carbocycles. The van der Waals surface area contributed by atoms with Gasteiger partial charge in [-0.05, 0) is 61.3 Å². The number of hydrogen-bond donors (Lipinski definition) is 0. The number of benzene rings is 1. The van der Waals surface area contributed by atoms with Crippen LogP contribution in [-0.4, -0.2) is 37.6 Å². The minimum Gasteiger partial charge on any atom is -0.372 e. The van der Waals surface area contributed by atoms with Crippen LogP contribution in [0.3, 0.4) is 0 Å². The number of anilines is 1. The van der Waals surface area contributed by atoms with E-state index in [1.165, 1.54) is 25.1 Å². The van der Waals surface area contributed by atoms with Crippen LogP contribution in [0.25, 0.3) is 0 Å². The first-order valence-electron chi connectivity index (χ1n) is 7.67. The van der Waals surface area contributed by atoms with E-state index < -0.39 is 0 Å². The van der Waals surface area contributed by atoms with Gasteiger partial charge in [-0.15, -0.1) is 4.91 Å². The van der Waals surface area contributed by atoms with Crippen molar-refractivity contribution in [2.75, 3.05) is 37.6 Å². The molecule has 1 saturated heterocycles. The molecule has 0 unspecified atom stereocenters. The van der Waals surface area contributed by atoms with Crippen LogP contribution in [0.5, 0.6) is 0 Å². The molecule has 0 amide bonds. The smallest absolute Gasteiger partial charge is 0.108 e. The lowest BCUT2D eigenvalue weighted by Crippen LogP contribution is -2.38. The van der Waals surface area contributed by atoms with E-state index in [0.29, 0.717) is 5.69 Å². The van der Waals surface area contributed by atoms with E-state index in [2.05, 4.69) is 28.8 Å². The fraction of sp³-hybridized carbons (Fsp3) is 0.625. The Morgan fingerprint density at radius 1 is 1.15 bits per heavy atom. The highest BCUT2D eigenvalue weighted by molar-refractivity contribution is 5.52. The Balaban J connectivity index is 1.85. The van der Waals surface area contributed by atoms with Crippen LogP contribution in [0.1, 0.15) is 26.7 Å². The zero-order chi connectivity index (χ0) is 14.4. The van der Waals surface area contributed by atoms with Gasteiger partial charge in [0.2, 0.25) is 0 Å². The van der Waals surface area contributed by atoms with Gasteiger partial charge in [-0.2, -0.15) is 0 Å². The van der Waals surface area contributed by atoms with Gasteiger partial charge in [0.25, 0.3) is 0 Å². The predicted octanol–water partition coefficient (Wildman–Crippen LogP) is 3.64. The summed E-state index contributed by atoms with van der Waals surface area (Å²) in [6, 6.07) is 7.59. The van der Waals surface area contributed by atoms with Gasteiger partial charge in [0.1, 0.15) is 5.69 Å². The second-order valence-corrected chi connectivity index (χ2v) is 5.52. The summed E-state index contributed by atoms with van der Waals surface area (Å²) in [5.74, 6) is 0.821. The molecule has 0 N–H and O–H groups in total. The maximum absolute atomic E-state index is 10.4. The van der Waals surface area contributed by atoms with Crippen LogP contribution in [-0.2, 0) is 0 Å². The second-order valence-electron chi connectivity index (χ2n) is 5.52. The Labute approximate surface area is 121 Å². The highest BCUT2D eigenvalue weighted by atomic mass is 16.3. The van der Waals surface area contributed by atoms with E-state index in [0.717, 1.165) is 32.1 Å². The number of hydrogen-bond acceptors (Lipinski definition) is 4. The Morgan fingerprint density at radius 3 is 2.25 bits per heavy atom. The molecule has 0 atom stereocenters. The van der Waals surface area contributed by atoms with Gasteiger partial charge < -0.3 is 9.80 Å². The van der Waals surface area contributed by atoms with Gasteiger partial charge in [-0.3, -0.25) is 0 Å². The first-order chi connectivity index (χ1) is 9.76. The molecule has 1 aliphatic rings. The predicted molar refractivity (Wildman–Crippen MR) is 84.6 cm³/mol. The van der Waals surface area contributed by atoms with E-state index >= 15 is 0 Å². The van der Waals surface area contributed by atoms with Crippen molar-refractivity contribution in [3.8, 4) is 0 Å². The van der Waals surface area contributed by atoms with Crippen molar-refractivity contribution in [2.45, 2.75) is 26.7 Å². The summed E-state index contributed by atoms with van der Waals surface area (Å²) in [5, 5.41) is 2.95. The molecule has 110 valence electrons. The molecule has 1 heterocycles. The van der Waals surface area contributed by atoms with Crippen molar-refractivity contribution in [2.24, 2.45) is 11.1 Å². The molecule has 0 bridgehead atoms. The summed E-state index contributed by atoms with van der Waals surface area (Å²) in [6.45, 7) is 10.2. The summed E-state index contributed by atoms with van der Waals surface area (Å²) in [7, 11) is 0. The van der Waals surface area contributed by atoms with Crippen LogP contribution >= 0.6 is 0 Å². The van der Waals surface area contributed by atoms with Crippen molar-refractivity contribution in [3.05, 3.63) is 29.2 Å². The molecular weight excluding hydrogens is 250 g/mol. The lowest BCUT2D eigenvalue weighted by molar-refractivity contribution is 0.229. The molecule has 4 nitrogen and oxygen atoms in total. The molecule has 1 fully saturated rings. The van der Waals surface area contributed by atoms with Crippen LogP contribution in [0, 0.1) is 10.8 Å². The molecule has 0 spiro atoms. The van der Waals surface area contributed by atoms with Crippen LogP contribution < -0.4 is 4.90 Å². The van der Waals surface area contributed by atoms with E-state index in [9.17, 15) is 4.91 Å². The highest BCUT2D eigenvalue weighted by Crippen LogP contribution is 2.25. The molecule has 4 heteroatoms. The molecule has 0 aromatic heterocycles. The van der Waals surface area contributed by atoms with Crippen LogP contribution in [0.15, 0.2) is 29.4 Å². The van der Waals surface area contributed by atoms with E-state index in [1.807, 2.05) is 12.1 Å². The summed E-state index contributed by atoms with van der Waals surface area (Å²) in [6.07, 6.45) is 2.51. The van der Waals surface area contributed by atoms with E-state index in [-0.39, 0.29) is 0 Å². The Bertz CT molecular complexity index is 406. The lowest BCUT2D eigenvalue weighted by atomic mass is 9.95. The molecule has 1 aromatic carbocycles. The minimum absolute atomic E-state index is 0.505. The third-order valence-corrected chi connectivity index (χ3v) is 4.35. The first kappa shape index (κ1) is 15.0. The standard InChI is InChI=1S/C16H25N3O/c1-3-18(4-2)13-14-9-11-19(12-10-14)16-7-5-15(17-20)6-8-16/h5-8,14H,3-4,9-13H2,1-2H3. The van der Waals surface area contributed by atoms with Crippen LogP contribution in [0.2, 0.25) is 0 Å². The topological polar surface area (TPSA) is 35.9 Å². The summed E-state index contributed by atoms with van der Waals surface area (Å²) in [5.41, 5.74) is 1.71. The lowest BCUT2D eigenvalue weighted by Gasteiger charge is -2.35. The van der Waals surface area contributed by atoms with E-state index in [4.69, 9.17) is 0 Å². The molecule has 0 saturated carbocycles. The molecule has 20 heavy (non-hydrogen) atoms. The largest absolute Gasteiger partial charge is 0.372 e. The minimum atomic E-state index is 0.505. The maximum atomic E-state index is 10.4. The maximum Gasteiger partial charge on any atom is 0.108 e. The SMILES string of the molecule is CCN(CC)CC1CCN(c2ccc(N=O)cc2)CC1. The summed E-state index contributed by atoms with van der Waals surface area (Å²) in [4.78, 5) is 15.4. The summed E-state index contributed by atoms with van der Waals surface area (Å²) < 4.78 is 0. The third kappa shape index (κ3) is 3.79. The molecule has 1 aromatic rings. The fourth-order valence-corrected chi connectivity index (χ4v) is 2.94. The monoisotopic (exact) mass is 275 g/mol. The quantitative estimate of drug-likeness (QED) is 0.744. The zero-order valence-electron chi connectivity index (χ0n) is 12.6. The van der Waals surface area contributed by atoms with Crippen molar-refractivity contribution in [1.29, 1.82) is 0 Å². The summed E-state index contributed by atoms with van der Waals surface area (Å²) >= 11 is 0. The van der Waals surface area contributed by atoms with Gasteiger partial charge in [0.05, 0.1) is 0 Å². The molecule has 0 radical (unpaired) electrons. The third-order valence-electron chi connectivity index (χ3n) is 4.35. The number of nitrogens with zero attached hydrogens (tertiary/aromatic N) is 3. The number of rotatable bonds is 6. The van der Waals surface area contributed by atoms with Gasteiger partial charge in [0, 0.05) is 25.3 Å². The Morgan fingerprint density at radius 2 is 1.75 bits per heavy atom. The first-order valence-corrected chi connectivity index (χ1v) is 7.67. The highest BCUT2D eigenvalue weighted by Gasteiger charge is 2.20. The zero-order valence-corrected chi connectivity index (χ0v) is 12.6. The second kappa shape index (κ2) is 7.39. The van der Waals surface area contributed by atoms with Crippen LogP contribution in [0.4, 0.5) is 11.4 Å². The number of nitroso groups, excluding NO2 is 1. The molecule has 2 rings (SSSR count). The van der Waals surface area contributed by atoms with Gasteiger partial charge in [0.15, 0.2) is 0 Å². The normalized spacial score (nSPS) is 16.6. The van der Waals surface area contributed by atoms with Crippen molar-refractivity contribution in [1.82, 2.24) is 4.90 Å². The molecular formula is C16H25N3O. The number of piperidine rings is 1. The van der Waals surface area contributed by atoms with E-state index in [1.54, 1.807) is 12.1 Å². The average molecular weight is 275 g/mol. The Hall–Kier alpha value is -1.42.